The first-order valence-corrected chi connectivity index (χ1v) is 10.6. The van der Waals surface area contributed by atoms with Gasteiger partial charge in [0.1, 0.15) is 11.6 Å². The molecular formula is C25H29N3OS. The van der Waals surface area contributed by atoms with Crippen molar-refractivity contribution >= 4 is 34.0 Å². The molecule has 156 valence electrons. The van der Waals surface area contributed by atoms with E-state index in [1.54, 1.807) is 0 Å². The van der Waals surface area contributed by atoms with Gasteiger partial charge in [-0.05, 0) is 85.7 Å². The zero-order chi connectivity index (χ0) is 21.7. The van der Waals surface area contributed by atoms with E-state index < -0.39 is 0 Å². The molecule has 0 aliphatic rings. The molecule has 0 fully saturated rings. The molecule has 5 heteroatoms. The smallest absolute Gasteiger partial charge is 0.290 e. The van der Waals surface area contributed by atoms with Gasteiger partial charge >= 0.3 is 0 Å². The fourth-order valence-corrected chi connectivity index (χ4v) is 3.51. The van der Waals surface area contributed by atoms with Gasteiger partial charge < -0.3 is 15.4 Å². The van der Waals surface area contributed by atoms with Crippen LogP contribution in [0.2, 0.25) is 0 Å². The molecule has 2 N–H and O–H groups in total. The molecule has 0 heterocycles. The number of hydrogen-bond donors (Lipinski definition) is 1. The number of hydrogen-bond acceptors (Lipinski definition) is 3. The van der Waals surface area contributed by atoms with Crippen molar-refractivity contribution in [2.45, 2.75) is 27.2 Å². The molecule has 0 bridgehead atoms. The SMILES string of the molecule is CCN(C)CCc1cc(C)c(OC(=S)N=C(N)c2ccc3ccccc3c2)cc1C. The second kappa shape index (κ2) is 9.83. The molecule has 3 aromatic rings. The monoisotopic (exact) mass is 419 g/mol. The Kier molecular flexibility index (Phi) is 7.19. The van der Waals surface area contributed by atoms with E-state index in [2.05, 4.69) is 42.9 Å². The number of rotatable bonds is 6. The van der Waals surface area contributed by atoms with Crippen molar-refractivity contribution in [2.24, 2.45) is 10.7 Å². The third-order valence-electron chi connectivity index (χ3n) is 5.39. The van der Waals surface area contributed by atoms with Crippen molar-refractivity contribution in [1.82, 2.24) is 4.90 Å². The Bertz CT molecular complexity index is 1090. The number of ether oxygens (including phenoxy) is 1. The van der Waals surface area contributed by atoms with Gasteiger partial charge in [-0.1, -0.05) is 49.4 Å². The molecule has 0 radical (unpaired) electrons. The highest BCUT2D eigenvalue weighted by molar-refractivity contribution is 7.80. The van der Waals surface area contributed by atoms with Gasteiger partial charge in [0.25, 0.3) is 5.17 Å². The highest BCUT2D eigenvalue weighted by Crippen LogP contribution is 2.24. The Balaban J connectivity index is 1.73. The first kappa shape index (κ1) is 21.9. The average Bonchev–Trinajstić information content (AvgIpc) is 2.74. The lowest BCUT2D eigenvalue weighted by molar-refractivity contribution is 0.357. The second-order valence-corrected chi connectivity index (χ2v) is 7.97. The largest absolute Gasteiger partial charge is 0.430 e. The number of amidine groups is 1. The lowest BCUT2D eigenvalue weighted by Gasteiger charge is -2.16. The number of aliphatic imine (C=N–C) groups is 1. The maximum absolute atomic E-state index is 6.19. The molecule has 0 unspecified atom stereocenters. The summed E-state index contributed by atoms with van der Waals surface area (Å²) in [6.07, 6.45) is 1.01. The zero-order valence-corrected chi connectivity index (χ0v) is 18.9. The molecular weight excluding hydrogens is 390 g/mol. The maximum atomic E-state index is 6.19. The maximum Gasteiger partial charge on any atom is 0.290 e. The van der Waals surface area contributed by atoms with Crippen LogP contribution in [0.15, 0.2) is 59.6 Å². The molecule has 3 aromatic carbocycles. The Morgan fingerprint density at radius 2 is 1.77 bits per heavy atom. The van der Waals surface area contributed by atoms with Crippen molar-refractivity contribution in [3.05, 3.63) is 76.9 Å². The summed E-state index contributed by atoms with van der Waals surface area (Å²) in [5, 5.41) is 2.38. The van der Waals surface area contributed by atoms with Gasteiger partial charge in [-0.2, -0.15) is 4.99 Å². The van der Waals surface area contributed by atoms with Gasteiger partial charge in [0, 0.05) is 12.1 Å². The van der Waals surface area contributed by atoms with Gasteiger partial charge in [-0.25, -0.2) is 0 Å². The van der Waals surface area contributed by atoms with Gasteiger partial charge in [-0.15, -0.1) is 0 Å². The lowest BCUT2D eigenvalue weighted by Crippen LogP contribution is -2.20. The van der Waals surface area contributed by atoms with Crippen LogP contribution in [0.5, 0.6) is 5.75 Å². The average molecular weight is 420 g/mol. The molecule has 0 aliphatic carbocycles. The fraction of sp³-hybridized carbons (Fsp3) is 0.280. The summed E-state index contributed by atoms with van der Waals surface area (Å²) >= 11 is 5.35. The van der Waals surface area contributed by atoms with Crippen molar-refractivity contribution in [3.8, 4) is 5.75 Å². The van der Waals surface area contributed by atoms with E-state index in [4.69, 9.17) is 22.7 Å². The topological polar surface area (TPSA) is 50.8 Å². The Labute approximate surface area is 184 Å². The molecule has 0 spiro atoms. The van der Waals surface area contributed by atoms with Crippen LogP contribution in [-0.4, -0.2) is 36.0 Å². The van der Waals surface area contributed by atoms with Crippen LogP contribution in [0, 0.1) is 13.8 Å². The second-order valence-electron chi connectivity index (χ2n) is 7.62. The van der Waals surface area contributed by atoms with E-state index in [0.29, 0.717) is 5.84 Å². The van der Waals surface area contributed by atoms with Crippen LogP contribution < -0.4 is 10.5 Å². The highest BCUT2D eigenvalue weighted by atomic mass is 32.1. The van der Waals surface area contributed by atoms with Crippen LogP contribution in [-0.2, 0) is 6.42 Å². The fourth-order valence-electron chi connectivity index (χ4n) is 3.33. The quantitative estimate of drug-likeness (QED) is 0.346. The molecule has 0 saturated heterocycles. The summed E-state index contributed by atoms with van der Waals surface area (Å²) in [7, 11) is 2.13. The van der Waals surface area contributed by atoms with Gasteiger partial charge in [0.2, 0.25) is 0 Å². The molecule has 0 amide bonds. The van der Waals surface area contributed by atoms with Crippen LogP contribution in [0.1, 0.15) is 29.2 Å². The summed E-state index contributed by atoms with van der Waals surface area (Å²) in [6, 6.07) is 18.3. The van der Waals surface area contributed by atoms with Crippen molar-refractivity contribution in [2.75, 3.05) is 20.1 Å². The van der Waals surface area contributed by atoms with E-state index in [-0.39, 0.29) is 5.17 Å². The first-order valence-electron chi connectivity index (χ1n) is 10.2. The first-order chi connectivity index (χ1) is 14.4. The Hall–Kier alpha value is -2.76. The molecule has 0 aliphatic heterocycles. The van der Waals surface area contributed by atoms with Crippen LogP contribution in [0.25, 0.3) is 10.8 Å². The molecule has 0 aromatic heterocycles. The van der Waals surface area contributed by atoms with Crippen molar-refractivity contribution in [3.63, 3.8) is 0 Å². The number of nitrogens with zero attached hydrogens (tertiary/aromatic N) is 2. The van der Waals surface area contributed by atoms with E-state index in [9.17, 15) is 0 Å². The third kappa shape index (κ3) is 5.43. The van der Waals surface area contributed by atoms with E-state index in [1.165, 1.54) is 11.1 Å². The Morgan fingerprint density at radius 3 is 2.50 bits per heavy atom. The zero-order valence-electron chi connectivity index (χ0n) is 18.1. The van der Waals surface area contributed by atoms with E-state index in [1.807, 2.05) is 49.4 Å². The summed E-state index contributed by atoms with van der Waals surface area (Å²) in [4.78, 5) is 6.61. The van der Waals surface area contributed by atoms with E-state index >= 15 is 0 Å². The number of fused-ring (bicyclic) bond motifs is 1. The van der Waals surface area contributed by atoms with Crippen molar-refractivity contribution < 1.29 is 4.74 Å². The van der Waals surface area contributed by atoms with E-state index in [0.717, 1.165) is 47.2 Å². The molecule has 3 rings (SSSR count). The van der Waals surface area contributed by atoms with Gasteiger partial charge in [0.15, 0.2) is 0 Å². The normalized spacial score (nSPS) is 11.8. The van der Waals surface area contributed by atoms with Gasteiger partial charge in [-0.3, -0.25) is 0 Å². The third-order valence-corrected chi connectivity index (χ3v) is 5.57. The summed E-state index contributed by atoms with van der Waals surface area (Å²) < 4.78 is 5.86. The standard InChI is InChI=1S/C25H29N3OS/c1-5-28(4)13-12-20-14-18(3)23(15-17(20)2)29-25(30)27-24(26)22-11-10-19-8-6-7-9-21(19)16-22/h6-11,14-16H,5,12-13H2,1-4H3,(H2,26,27,30). The summed E-state index contributed by atoms with van der Waals surface area (Å²) in [6.45, 7) is 8.37. The number of benzene rings is 3. The number of nitrogens with two attached hydrogens (primary N) is 1. The van der Waals surface area contributed by atoms with Crippen LogP contribution in [0.4, 0.5) is 0 Å². The van der Waals surface area contributed by atoms with Crippen LogP contribution >= 0.6 is 12.2 Å². The predicted molar refractivity (Wildman–Crippen MR) is 131 cm³/mol. The van der Waals surface area contributed by atoms with Crippen LogP contribution in [0.3, 0.4) is 0 Å². The minimum atomic E-state index is 0.113. The molecule has 0 atom stereocenters. The van der Waals surface area contributed by atoms with Gasteiger partial charge in [0.05, 0.1) is 0 Å². The minimum Gasteiger partial charge on any atom is -0.430 e. The number of thiocarbonyl (C=S) groups is 1. The predicted octanol–water partition coefficient (Wildman–Crippen LogP) is 5.02. The highest BCUT2D eigenvalue weighted by Gasteiger charge is 2.10. The van der Waals surface area contributed by atoms with Crippen molar-refractivity contribution in [1.29, 1.82) is 0 Å². The molecule has 4 nitrogen and oxygen atoms in total. The molecule has 30 heavy (non-hydrogen) atoms. The summed E-state index contributed by atoms with van der Waals surface area (Å²) in [5.74, 6) is 1.07. The molecule has 0 saturated carbocycles. The number of likely N-dealkylation sites (N-methyl/N-ethyl adjacent to an activating group) is 1. The lowest BCUT2D eigenvalue weighted by atomic mass is 10.0. The Morgan fingerprint density at radius 1 is 1.03 bits per heavy atom. The minimum absolute atomic E-state index is 0.113. The summed E-state index contributed by atoms with van der Waals surface area (Å²) in [5.41, 5.74) is 10.6. The number of aryl methyl sites for hydroxylation is 2.